The average molecular weight is 347 g/mol. The lowest BCUT2D eigenvalue weighted by atomic mass is 10.1. The zero-order valence-corrected chi connectivity index (χ0v) is 14.8. The van der Waals surface area contributed by atoms with Crippen LogP contribution in [0.25, 0.3) is 0 Å². The van der Waals surface area contributed by atoms with Gasteiger partial charge in [-0.25, -0.2) is 13.1 Å². The first-order chi connectivity index (χ1) is 11.4. The molecule has 0 aliphatic carbocycles. The van der Waals surface area contributed by atoms with Crippen molar-refractivity contribution in [3.05, 3.63) is 53.1 Å². The van der Waals surface area contributed by atoms with Crippen LogP contribution in [0.15, 0.2) is 41.3 Å². The smallest absolute Gasteiger partial charge is 0.241 e. The Morgan fingerprint density at radius 2 is 1.67 bits per heavy atom. The fourth-order valence-electron chi connectivity index (χ4n) is 2.58. The van der Waals surface area contributed by atoms with E-state index < -0.39 is 10.0 Å². The van der Waals surface area contributed by atoms with Gasteiger partial charge in [0.05, 0.1) is 4.90 Å². The number of rotatable bonds is 4. The number of nitrogens with one attached hydrogen (secondary N) is 1. The Kier molecular flexibility index (Phi) is 4.51. The number of sulfonamides is 1. The minimum Gasteiger partial charge on any atom is -0.486 e. The van der Waals surface area contributed by atoms with Crippen LogP contribution in [-0.4, -0.2) is 21.6 Å². The highest BCUT2D eigenvalue weighted by atomic mass is 32.2. The SMILES string of the molecule is Cc1ccc(S(=O)(=O)N[C@H](C)c2ccc3c(c2)OCCO3)cc1C. The highest BCUT2D eigenvalue weighted by Gasteiger charge is 2.20. The van der Waals surface area contributed by atoms with Crippen molar-refractivity contribution in [1.82, 2.24) is 4.72 Å². The second kappa shape index (κ2) is 6.45. The van der Waals surface area contributed by atoms with E-state index in [0.29, 0.717) is 24.7 Å². The number of fused-ring (bicyclic) bond motifs is 1. The number of hydrogen-bond donors (Lipinski definition) is 1. The van der Waals surface area contributed by atoms with E-state index in [9.17, 15) is 8.42 Å². The predicted octanol–water partition coefficient (Wildman–Crippen LogP) is 3.11. The summed E-state index contributed by atoms with van der Waals surface area (Å²) in [4.78, 5) is 0.273. The summed E-state index contributed by atoms with van der Waals surface area (Å²) >= 11 is 0. The van der Waals surface area contributed by atoms with Gasteiger partial charge in [-0.05, 0) is 61.7 Å². The zero-order chi connectivity index (χ0) is 17.3. The van der Waals surface area contributed by atoms with Crippen molar-refractivity contribution in [2.75, 3.05) is 13.2 Å². The maximum absolute atomic E-state index is 12.6. The fourth-order valence-corrected chi connectivity index (χ4v) is 3.90. The van der Waals surface area contributed by atoms with Crippen molar-refractivity contribution < 1.29 is 17.9 Å². The largest absolute Gasteiger partial charge is 0.486 e. The molecule has 0 amide bonds. The molecule has 0 saturated heterocycles. The highest BCUT2D eigenvalue weighted by molar-refractivity contribution is 7.89. The quantitative estimate of drug-likeness (QED) is 0.923. The van der Waals surface area contributed by atoms with Gasteiger partial charge in [-0.3, -0.25) is 0 Å². The third-order valence-corrected chi connectivity index (χ3v) is 5.73. The summed E-state index contributed by atoms with van der Waals surface area (Å²) in [5.41, 5.74) is 2.84. The van der Waals surface area contributed by atoms with Crippen LogP contribution in [-0.2, 0) is 10.0 Å². The van der Waals surface area contributed by atoms with E-state index in [1.54, 1.807) is 12.1 Å². The van der Waals surface area contributed by atoms with Gasteiger partial charge in [0.2, 0.25) is 10.0 Å². The normalized spacial score (nSPS) is 15.1. The van der Waals surface area contributed by atoms with Crippen LogP contribution in [0, 0.1) is 13.8 Å². The summed E-state index contributed by atoms with van der Waals surface area (Å²) in [7, 11) is -3.59. The minimum absolute atomic E-state index is 0.273. The standard InChI is InChI=1S/C18H21NO4S/c1-12-4-6-16(10-13(12)2)24(20,21)19-14(3)15-5-7-17-18(11-15)23-9-8-22-17/h4-7,10-11,14,19H,8-9H2,1-3H3/t14-/m1/s1. The van der Waals surface area contributed by atoms with Crippen LogP contribution in [0.5, 0.6) is 11.5 Å². The van der Waals surface area contributed by atoms with Gasteiger partial charge in [0, 0.05) is 6.04 Å². The molecule has 0 spiro atoms. The van der Waals surface area contributed by atoms with Gasteiger partial charge in [0.15, 0.2) is 11.5 Å². The van der Waals surface area contributed by atoms with E-state index >= 15 is 0 Å². The van der Waals surface area contributed by atoms with Crippen molar-refractivity contribution in [3.8, 4) is 11.5 Å². The topological polar surface area (TPSA) is 64.6 Å². The Hall–Kier alpha value is -2.05. The number of ether oxygens (including phenoxy) is 2. The van der Waals surface area contributed by atoms with Crippen LogP contribution in [0.1, 0.15) is 29.7 Å². The first-order valence-electron chi connectivity index (χ1n) is 7.86. The molecule has 0 aromatic heterocycles. The van der Waals surface area contributed by atoms with E-state index in [1.165, 1.54) is 0 Å². The summed E-state index contributed by atoms with van der Waals surface area (Å²) in [6, 6.07) is 10.2. The Labute approximate surface area is 142 Å². The molecule has 2 aromatic carbocycles. The van der Waals surface area contributed by atoms with Crippen molar-refractivity contribution in [1.29, 1.82) is 0 Å². The molecular weight excluding hydrogens is 326 g/mol. The molecule has 1 aliphatic heterocycles. The molecule has 2 aromatic rings. The molecule has 3 rings (SSSR count). The summed E-state index contributed by atoms with van der Waals surface area (Å²) in [6.07, 6.45) is 0. The zero-order valence-electron chi connectivity index (χ0n) is 14.0. The van der Waals surface area contributed by atoms with Gasteiger partial charge in [0.25, 0.3) is 0 Å². The molecule has 1 N–H and O–H groups in total. The monoisotopic (exact) mass is 347 g/mol. The molecule has 6 heteroatoms. The average Bonchev–Trinajstić information content (AvgIpc) is 2.56. The van der Waals surface area contributed by atoms with E-state index in [-0.39, 0.29) is 10.9 Å². The Morgan fingerprint density at radius 3 is 2.38 bits per heavy atom. The molecule has 0 radical (unpaired) electrons. The van der Waals surface area contributed by atoms with Crippen molar-refractivity contribution in [2.24, 2.45) is 0 Å². The minimum atomic E-state index is -3.59. The predicted molar refractivity (Wildman–Crippen MR) is 92.1 cm³/mol. The first-order valence-corrected chi connectivity index (χ1v) is 9.34. The molecule has 128 valence electrons. The fraction of sp³-hybridized carbons (Fsp3) is 0.333. The van der Waals surface area contributed by atoms with Crippen molar-refractivity contribution in [3.63, 3.8) is 0 Å². The maximum atomic E-state index is 12.6. The second-order valence-corrected chi connectivity index (χ2v) is 7.71. The maximum Gasteiger partial charge on any atom is 0.241 e. The van der Waals surface area contributed by atoms with Crippen LogP contribution in [0.4, 0.5) is 0 Å². The van der Waals surface area contributed by atoms with Gasteiger partial charge in [0.1, 0.15) is 13.2 Å². The molecule has 24 heavy (non-hydrogen) atoms. The van der Waals surface area contributed by atoms with E-state index in [1.807, 2.05) is 45.0 Å². The summed E-state index contributed by atoms with van der Waals surface area (Å²) in [5, 5.41) is 0. The lowest BCUT2D eigenvalue weighted by Crippen LogP contribution is -2.27. The third kappa shape index (κ3) is 3.39. The van der Waals surface area contributed by atoms with Crippen LogP contribution in [0.3, 0.4) is 0 Å². The van der Waals surface area contributed by atoms with Gasteiger partial charge in [-0.15, -0.1) is 0 Å². The van der Waals surface area contributed by atoms with Crippen LogP contribution < -0.4 is 14.2 Å². The van der Waals surface area contributed by atoms with Crippen molar-refractivity contribution in [2.45, 2.75) is 31.7 Å². The second-order valence-electron chi connectivity index (χ2n) is 5.99. The molecule has 1 atom stereocenters. The number of benzene rings is 2. The molecular formula is C18H21NO4S. The molecule has 0 bridgehead atoms. The number of aryl methyl sites for hydroxylation is 2. The van der Waals surface area contributed by atoms with Crippen LogP contribution in [0.2, 0.25) is 0 Å². The number of hydrogen-bond acceptors (Lipinski definition) is 4. The van der Waals surface area contributed by atoms with E-state index in [2.05, 4.69) is 4.72 Å². The van der Waals surface area contributed by atoms with Gasteiger partial charge in [-0.2, -0.15) is 0 Å². The summed E-state index contributed by atoms with van der Waals surface area (Å²) in [6.45, 7) is 6.69. The molecule has 0 unspecified atom stereocenters. The highest BCUT2D eigenvalue weighted by Crippen LogP contribution is 2.33. The Balaban J connectivity index is 1.82. The van der Waals surface area contributed by atoms with E-state index in [0.717, 1.165) is 16.7 Å². The Morgan fingerprint density at radius 1 is 0.958 bits per heavy atom. The van der Waals surface area contributed by atoms with Crippen molar-refractivity contribution >= 4 is 10.0 Å². The summed E-state index contributed by atoms with van der Waals surface area (Å²) < 4.78 is 39.0. The lowest BCUT2D eigenvalue weighted by Gasteiger charge is -2.21. The molecule has 0 fully saturated rings. The third-order valence-electron chi connectivity index (χ3n) is 4.19. The Bertz CT molecular complexity index is 861. The van der Waals surface area contributed by atoms with Gasteiger partial charge < -0.3 is 9.47 Å². The summed E-state index contributed by atoms with van der Waals surface area (Å²) in [5.74, 6) is 1.34. The van der Waals surface area contributed by atoms with E-state index in [4.69, 9.17) is 9.47 Å². The first kappa shape index (κ1) is 16.8. The molecule has 1 aliphatic rings. The van der Waals surface area contributed by atoms with Crippen LogP contribution >= 0.6 is 0 Å². The molecule has 0 saturated carbocycles. The van der Waals surface area contributed by atoms with Gasteiger partial charge in [-0.1, -0.05) is 12.1 Å². The molecule has 5 nitrogen and oxygen atoms in total. The lowest BCUT2D eigenvalue weighted by molar-refractivity contribution is 0.171. The van der Waals surface area contributed by atoms with Gasteiger partial charge >= 0.3 is 0 Å². The molecule has 1 heterocycles.